The predicted molar refractivity (Wildman–Crippen MR) is 58.0 cm³/mol. The second kappa shape index (κ2) is 4.77. The van der Waals surface area contributed by atoms with Crippen molar-refractivity contribution >= 4 is 0 Å². The van der Waals surface area contributed by atoms with Gasteiger partial charge in [-0.15, -0.1) is 0 Å². The quantitative estimate of drug-likeness (QED) is 0.720. The van der Waals surface area contributed by atoms with Gasteiger partial charge in [-0.2, -0.15) is 5.26 Å². The molecule has 0 amide bonds. The van der Waals surface area contributed by atoms with Gasteiger partial charge >= 0.3 is 0 Å². The Balaban J connectivity index is 2.42. The van der Waals surface area contributed by atoms with Crippen LogP contribution in [0.5, 0.6) is 0 Å². The summed E-state index contributed by atoms with van der Waals surface area (Å²) in [6, 6.07) is 3.07. The molecule has 3 nitrogen and oxygen atoms in total. The fraction of sp³-hybridized carbons (Fsp3) is 0.909. The van der Waals surface area contributed by atoms with Crippen LogP contribution in [0.2, 0.25) is 0 Å². The Hall–Kier alpha value is -0.590. The molecule has 1 unspecified atom stereocenters. The lowest BCUT2D eigenvalue weighted by molar-refractivity contribution is 0.134. The highest BCUT2D eigenvalue weighted by molar-refractivity contribution is 5.06. The van der Waals surface area contributed by atoms with Crippen molar-refractivity contribution in [2.75, 3.05) is 20.1 Å². The lowest BCUT2D eigenvalue weighted by atomic mass is 9.90. The average Bonchev–Trinajstić information content (AvgIpc) is 2.01. The molecule has 1 fully saturated rings. The molecule has 0 aromatic rings. The van der Waals surface area contributed by atoms with Crippen LogP contribution in [0.25, 0.3) is 0 Å². The molecule has 80 valence electrons. The Morgan fingerprint density at radius 2 is 2.21 bits per heavy atom. The van der Waals surface area contributed by atoms with E-state index in [1.165, 1.54) is 19.3 Å². The Bertz CT molecular complexity index is 217. The number of nitrogens with zero attached hydrogens (tertiary/aromatic N) is 2. The first-order chi connectivity index (χ1) is 6.61. The van der Waals surface area contributed by atoms with Gasteiger partial charge in [-0.05, 0) is 33.4 Å². The maximum absolute atomic E-state index is 9.10. The van der Waals surface area contributed by atoms with E-state index >= 15 is 0 Å². The van der Waals surface area contributed by atoms with E-state index in [-0.39, 0.29) is 5.54 Å². The minimum Gasteiger partial charge on any atom is -0.301 e. The molecule has 0 spiro atoms. The van der Waals surface area contributed by atoms with Crippen LogP contribution in [-0.4, -0.2) is 36.6 Å². The molecule has 0 saturated heterocycles. The summed E-state index contributed by atoms with van der Waals surface area (Å²) in [6.45, 7) is 5.69. The normalized spacial score (nSPS) is 21.4. The van der Waals surface area contributed by atoms with Crippen molar-refractivity contribution in [3.05, 3.63) is 0 Å². The van der Waals surface area contributed by atoms with E-state index in [2.05, 4.69) is 23.3 Å². The highest BCUT2D eigenvalue weighted by atomic mass is 15.2. The van der Waals surface area contributed by atoms with E-state index in [4.69, 9.17) is 5.26 Å². The van der Waals surface area contributed by atoms with E-state index in [0.29, 0.717) is 6.04 Å². The second-order valence-corrected chi connectivity index (χ2v) is 4.47. The minimum atomic E-state index is -0.390. The van der Waals surface area contributed by atoms with E-state index in [1.54, 1.807) is 0 Å². The number of likely N-dealkylation sites (N-methyl/N-ethyl adjacent to an activating group) is 2. The summed E-state index contributed by atoms with van der Waals surface area (Å²) in [6.07, 6.45) is 3.94. The standard InChI is InChI=1S/C11H21N3/c1-4-13-11(2,8-12)9-14(3)10-6-5-7-10/h10,13H,4-7,9H2,1-3H3. The minimum absolute atomic E-state index is 0.390. The summed E-state index contributed by atoms with van der Waals surface area (Å²) in [7, 11) is 2.12. The first-order valence-electron chi connectivity index (χ1n) is 5.48. The van der Waals surface area contributed by atoms with Crippen LogP contribution >= 0.6 is 0 Å². The van der Waals surface area contributed by atoms with Gasteiger partial charge in [0.2, 0.25) is 0 Å². The van der Waals surface area contributed by atoms with Gasteiger partial charge in [-0.3, -0.25) is 5.32 Å². The van der Waals surface area contributed by atoms with Crippen molar-refractivity contribution < 1.29 is 0 Å². The molecule has 0 radical (unpaired) electrons. The van der Waals surface area contributed by atoms with Gasteiger partial charge in [0.15, 0.2) is 0 Å². The van der Waals surface area contributed by atoms with Crippen LogP contribution in [0.1, 0.15) is 33.1 Å². The SMILES string of the molecule is CCNC(C)(C#N)CN(C)C1CCC1. The maximum atomic E-state index is 9.10. The van der Waals surface area contributed by atoms with E-state index in [0.717, 1.165) is 13.1 Å². The van der Waals surface area contributed by atoms with E-state index < -0.39 is 0 Å². The Morgan fingerprint density at radius 1 is 1.57 bits per heavy atom. The van der Waals surface area contributed by atoms with Gasteiger partial charge < -0.3 is 4.90 Å². The van der Waals surface area contributed by atoms with Crippen molar-refractivity contribution in [2.24, 2.45) is 0 Å². The van der Waals surface area contributed by atoms with Crippen LogP contribution in [0.3, 0.4) is 0 Å². The zero-order valence-corrected chi connectivity index (χ0v) is 9.51. The van der Waals surface area contributed by atoms with Crippen LogP contribution in [0, 0.1) is 11.3 Å². The fourth-order valence-electron chi connectivity index (χ4n) is 1.98. The largest absolute Gasteiger partial charge is 0.301 e. The monoisotopic (exact) mass is 195 g/mol. The molecular formula is C11H21N3. The number of rotatable bonds is 5. The third-order valence-corrected chi connectivity index (χ3v) is 3.08. The van der Waals surface area contributed by atoms with Crippen LogP contribution in [0.15, 0.2) is 0 Å². The number of nitriles is 1. The topological polar surface area (TPSA) is 39.1 Å². The molecule has 1 N–H and O–H groups in total. The molecule has 0 aromatic carbocycles. The van der Waals surface area contributed by atoms with Crippen molar-refractivity contribution in [3.8, 4) is 6.07 Å². The lowest BCUT2D eigenvalue weighted by Crippen LogP contribution is -2.52. The van der Waals surface area contributed by atoms with Gasteiger partial charge in [-0.25, -0.2) is 0 Å². The average molecular weight is 195 g/mol. The molecule has 0 bridgehead atoms. The van der Waals surface area contributed by atoms with Gasteiger partial charge in [0.25, 0.3) is 0 Å². The summed E-state index contributed by atoms with van der Waals surface area (Å²) in [4.78, 5) is 2.31. The van der Waals surface area contributed by atoms with Gasteiger partial charge in [0.1, 0.15) is 5.54 Å². The number of nitrogens with one attached hydrogen (secondary N) is 1. The molecule has 3 heteroatoms. The summed E-state index contributed by atoms with van der Waals surface area (Å²) >= 11 is 0. The summed E-state index contributed by atoms with van der Waals surface area (Å²) in [5, 5.41) is 12.3. The molecule has 1 rings (SSSR count). The van der Waals surface area contributed by atoms with Gasteiger partial charge in [-0.1, -0.05) is 13.3 Å². The summed E-state index contributed by atoms with van der Waals surface area (Å²) in [5.74, 6) is 0. The molecule has 0 aliphatic heterocycles. The molecule has 1 atom stereocenters. The first-order valence-corrected chi connectivity index (χ1v) is 5.48. The smallest absolute Gasteiger partial charge is 0.116 e. The predicted octanol–water partition coefficient (Wildman–Crippen LogP) is 1.36. The molecule has 0 heterocycles. The van der Waals surface area contributed by atoms with Gasteiger partial charge in [0.05, 0.1) is 6.07 Å². The highest BCUT2D eigenvalue weighted by Gasteiger charge is 2.29. The van der Waals surface area contributed by atoms with Crippen molar-refractivity contribution in [1.82, 2.24) is 10.2 Å². The maximum Gasteiger partial charge on any atom is 0.116 e. The van der Waals surface area contributed by atoms with Crippen LogP contribution < -0.4 is 5.32 Å². The summed E-state index contributed by atoms with van der Waals surface area (Å²) in [5.41, 5.74) is -0.390. The molecule has 1 saturated carbocycles. The molecule has 1 aliphatic carbocycles. The molecule has 0 aromatic heterocycles. The zero-order valence-electron chi connectivity index (χ0n) is 9.51. The van der Waals surface area contributed by atoms with Crippen molar-refractivity contribution in [3.63, 3.8) is 0 Å². The summed E-state index contributed by atoms with van der Waals surface area (Å²) < 4.78 is 0. The van der Waals surface area contributed by atoms with E-state index in [9.17, 15) is 0 Å². The zero-order chi connectivity index (χ0) is 10.6. The third-order valence-electron chi connectivity index (χ3n) is 3.08. The second-order valence-electron chi connectivity index (χ2n) is 4.47. The van der Waals surface area contributed by atoms with Crippen molar-refractivity contribution in [2.45, 2.75) is 44.7 Å². The number of hydrogen-bond donors (Lipinski definition) is 1. The number of hydrogen-bond acceptors (Lipinski definition) is 3. The van der Waals surface area contributed by atoms with Crippen molar-refractivity contribution in [1.29, 1.82) is 5.26 Å². The molecule has 1 aliphatic rings. The van der Waals surface area contributed by atoms with Crippen LogP contribution in [0.4, 0.5) is 0 Å². The van der Waals surface area contributed by atoms with Crippen LogP contribution in [-0.2, 0) is 0 Å². The fourth-order valence-corrected chi connectivity index (χ4v) is 1.98. The third kappa shape index (κ3) is 2.70. The lowest BCUT2D eigenvalue weighted by Gasteiger charge is -2.38. The Morgan fingerprint density at radius 3 is 2.57 bits per heavy atom. The van der Waals surface area contributed by atoms with Gasteiger partial charge in [0, 0.05) is 12.6 Å². The first kappa shape index (κ1) is 11.5. The highest BCUT2D eigenvalue weighted by Crippen LogP contribution is 2.24. The molecule has 14 heavy (non-hydrogen) atoms. The van der Waals surface area contributed by atoms with E-state index in [1.807, 2.05) is 13.8 Å². The Kier molecular flexibility index (Phi) is 3.91. The molecular weight excluding hydrogens is 174 g/mol. The Labute approximate surface area is 87.1 Å².